The van der Waals surface area contributed by atoms with Crippen molar-refractivity contribution in [3.8, 4) is 0 Å². The molecule has 0 bridgehead atoms. The monoisotopic (exact) mass is 292 g/mol. The predicted octanol–water partition coefficient (Wildman–Crippen LogP) is 2.04. The average Bonchev–Trinajstić information content (AvgIpc) is 2.31. The number of carbonyl (C=O) groups is 3. The van der Waals surface area contributed by atoms with E-state index in [1.54, 1.807) is 21.1 Å². The van der Waals surface area contributed by atoms with Gasteiger partial charge in [-0.15, -0.1) is 0 Å². The van der Waals surface area contributed by atoms with Gasteiger partial charge in [-0.25, -0.2) is 9.59 Å². The average molecular weight is 292 g/mol. The first kappa shape index (κ1) is 26.4. The summed E-state index contributed by atoms with van der Waals surface area (Å²) in [5, 5.41) is 23.5. The van der Waals surface area contributed by atoms with E-state index in [-0.39, 0.29) is 17.6 Å². The number of ether oxygens (including phenoxy) is 1. The van der Waals surface area contributed by atoms with Crippen LogP contribution in [0.1, 0.15) is 27.2 Å². The number of aliphatic carboxylic acids is 3. The topological polar surface area (TPSA) is 121 Å². The van der Waals surface area contributed by atoms with E-state index in [9.17, 15) is 14.4 Å². The summed E-state index contributed by atoms with van der Waals surface area (Å²) in [5.41, 5.74) is 0.352. The Labute approximate surface area is 119 Å². The summed E-state index contributed by atoms with van der Waals surface area (Å²) in [7, 11) is 3.25. The standard InChI is InChI=1S/2C4H6O2.C3H6O2.C2H6O/c2*1-3(2)4(5)6;1-2-3(4)5;1-3-2/h2*1H2,2H3,(H,5,6);2H2,1H3,(H,4,5);1-2H3. The molecule has 118 valence electrons. The molecule has 0 rings (SSSR count). The Hall–Kier alpha value is -2.15. The smallest absolute Gasteiger partial charge is 0.330 e. The Balaban J connectivity index is -0.0000000879. The molecular formula is C13H24O7. The van der Waals surface area contributed by atoms with Gasteiger partial charge in [0.15, 0.2) is 0 Å². The Bertz CT molecular complexity index is 271. The van der Waals surface area contributed by atoms with Crippen molar-refractivity contribution in [1.29, 1.82) is 0 Å². The Morgan fingerprint density at radius 2 is 1.00 bits per heavy atom. The van der Waals surface area contributed by atoms with Crippen molar-refractivity contribution in [2.24, 2.45) is 0 Å². The van der Waals surface area contributed by atoms with Crippen LogP contribution in [-0.2, 0) is 19.1 Å². The van der Waals surface area contributed by atoms with E-state index < -0.39 is 17.9 Å². The van der Waals surface area contributed by atoms with Crippen LogP contribution in [0.15, 0.2) is 24.3 Å². The fourth-order valence-electron chi connectivity index (χ4n) is 0. The first-order chi connectivity index (χ1) is 8.97. The zero-order valence-corrected chi connectivity index (χ0v) is 12.6. The normalized spacial score (nSPS) is 7.25. The lowest BCUT2D eigenvalue weighted by Crippen LogP contribution is -1.92. The van der Waals surface area contributed by atoms with Crippen LogP contribution in [0, 0.1) is 0 Å². The minimum absolute atomic E-state index is 0.176. The highest BCUT2D eigenvalue weighted by atomic mass is 16.4. The highest BCUT2D eigenvalue weighted by Crippen LogP contribution is 1.81. The summed E-state index contributed by atoms with van der Waals surface area (Å²) in [6.07, 6.45) is 0.222. The van der Waals surface area contributed by atoms with Crippen molar-refractivity contribution in [2.45, 2.75) is 27.2 Å². The molecule has 7 nitrogen and oxygen atoms in total. The quantitative estimate of drug-likeness (QED) is 0.680. The zero-order valence-electron chi connectivity index (χ0n) is 12.6. The van der Waals surface area contributed by atoms with Gasteiger partial charge in [-0.2, -0.15) is 0 Å². The summed E-state index contributed by atoms with van der Waals surface area (Å²) < 4.78 is 4.25. The second kappa shape index (κ2) is 19.2. The maximum Gasteiger partial charge on any atom is 0.330 e. The van der Waals surface area contributed by atoms with Gasteiger partial charge < -0.3 is 20.1 Å². The third-order valence-corrected chi connectivity index (χ3v) is 1.03. The van der Waals surface area contributed by atoms with Crippen molar-refractivity contribution < 1.29 is 34.4 Å². The second-order valence-electron chi connectivity index (χ2n) is 3.33. The van der Waals surface area contributed by atoms with Crippen LogP contribution in [0.25, 0.3) is 0 Å². The molecule has 0 unspecified atom stereocenters. The van der Waals surface area contributed by atoms with Crippen molar-refractivity contribution in [1.82, 2.24) is 0 Å². The molecular weight excluding hydrogens is 268 g/mol. The fourth-order valence-corrected chi connectivity index (χ4v) is 0. The molecule has 20 heavy (non-hydrogen) atoms. The molecule has 7 heteroatoms. The molecule has 0 radical (unpaired) electrons. The third-order valence-electron chi connectivity index (χ3n) is 1.03. The van der Waals surface area contributed by atoms with Gasteiger partial charge in [-0.05, 0) is 13.8 Å². The minimum Gasteiger partial charge on any atom is -0.481 e. The van der Waals surface area contributed by atoms with Gasteiger partial charge in [0.25, 0.3) is 0 Å². The Morgan fingerprint density at radius 1 is 0.900 bits per heavy atom. The van der Waals surface area contributed by atoms with E-state index in [2.05, 4.69) is 17.9 Å². The molecule has 0 amide bonds. The molecule has 0 spiro atoms. The van der Waals surface area contributed by atoms with Crippen LogP contribution in [0.5, 0.6) is 0 Å². The van der Waals surface area contributed by atoms with E-state index in [4.69, 9.17) is 15.3 Å². The Kier molecular flexibility index (Phi) is 25.4. The number of carboxylic acids is 3. The molecule has 0 atom stereocenters. The van der Waals surface area contributed by atoms with Gasteiger partial charge in [0.05, 0.1) is 0 Å². The van der Waals surface area contributed by atoms with Crippen molar-refractivity contribution in [3.63, 3.8) is 0 Å². The van der Waals surface area contributed by atoms with Crippen LogP contribution in [0.2, 0.25) is 0 Å². The van der Waals surface area contributed by atoms with E-state index in [0.29, 0.717) is 0 Å². The number of carboxylic acid groups (broad SMARTS) is 3. The molecule has 0 aromatic heterocycles. The number of rotatable bonds is 3. The molecule has 0 aliphatic rings. The summed E-state index contributed by atoms with van der Waals surface area (Å²) in [6, 6.07) is 0. The van der Waals surface area contributed by atoms with Gasteiger partial charge in [-0.3, -0.25) is 4.79 Å². The first-order valence-electron chi connectivity index (χ1n) is 5.37. The lowest BCUT2D eigenvalue weighted by atomic mass is 10.4. The van der Waals surface area contributed by atoms with Gasteiger partial charge in [0, 0.05) is 31.8 Å². The highest BCUT2D eigenvalue weighted by molar-refractivity contribution is 5.85. The second-order valence-corrected chi connectivity index (χ2v) is 3.33. The molecule has 0 aliphatic carbocycles. The molecule has 0 saturated heterocycles. The largest absolute Gasteiger partial charge is 0.481 e. The van der Waals surface area contributed by atoms with Crippen molar-refractivity contribution in [2.75, 3.05) is 14.2 Å². The summed E-state index contributed by atoms with van der Waals surface area (Å²) in [4.78, 5) is 28.6. The lowest BCUT2D eigenvalue weighted by Gasteiger charge is -1.79. The number of hydrogen-bond donors (Lipinski definition) is 3. The van der Waals surface area contributed by atoms with Gasteiger partial charge in [-0.1, -0.05) is 20.1 Å². The van der Waals surface area contributed by atoms with Crippen LogP contribution in [-0.4, -0.2) is 47.4 Å². The summed E-state index contributed by atoms with van der Waals surface area (Å²) >= 11 is 0. The molecule has 0 aromatic rings. The van der Waals surface area contributed by atoms with Crippen molar-refractivity contribution in [3.05, 3.63) is 24.3 Å². The highest BCUT2D eigenvalue weighted by Gasteiger charge is 1.90. The molecule has 0 aliphatic heterocycles. The molecule has 0 fully saturated rings. The third kappa shape index (κ3) is 56.7. The van der Waals surface area contributed by atoms with Gasteiger partial charge in [0.1, 0.15) is 0 Å². The van der Waals surface area contributed by atoms with Crippen LogP contribution < -0.4 is 0 Å². The van der Waals surface area contributed by atoms with Crippen LogP contribution in [0.3, 0.4) is 0 Å². The first-order valence-corrected chi connectivity index (χ1v) is 5.37. The molecule has 3 N–H and O–H groups in total. The zero-order chi connectivity index (χ0) is 17.3. The number of methoxy groups -OCH3 is 1. The van der Waals surface area contributed by atoms with Crippen LogP contribution >= 0.6 is 0 Å². The summed E-state index contributed by atoms with van der Waals surface area (Å²) in [6.45, 7) is 10.8. The van der Waals surface area contributed by atoms with E-state index in [1.807, 2.05) is 0 Å². The van der Waals surface area contributed by atoms with Gasteiger partial charge in [0.2, 0.25) is 0 Å². The van der Waals surface area contributed by atoms with Gasteiger partial charge >= 0.3 is 17.9 Å². The van der Waals surface area contributed by atoms with E-state index in [1.165, 1.54) is 13.8 Å². The van der Waals surface area contributed by atoms with Crippen molar-refractivity contribution >= 4 is 17.9 Å². The van der Waals surface area contributed by atoms with Crippen LogP contribution in [0.4, 0.5) is 0 Å². The number of hydrogen-bond acceptors (Lipinski definition) is 4. The summed E-state index contributed by atoms with van der Waals surface area (Å²) in [5.74, 6) is -2.62. The minimum atomic E-state index is -0.935. The maximum atomic E-state index is 9.60. The molecule has 0 saturated carbocycles. The SMILES string of the molecule is C=C(C)C(=O)O.C=C(C)C(=O)O.CCC(=O)O.COC. The predicted molar refractivity (Wildman–Crippen MR) is 75.8 cm³/mol. The fraction of sp³-hybridized carbons (Fsp3) is 0.462. The molecule has 0 aromatic carbocycles. The maximum absolute atomic E-state index is 9.60. The lowest BCUT2D eigenvalue weighted by molar-refractivity contribution is -0.136. The van der Waals surface area contributed by atoms with E-state index in [0.717, 1.165) is 0 Å². The van der Waals surface area contributed by atoms with E-state index >= 15 is 0 Å². The Morgan fingerprint density at radius 3 is 1.00 bits per heavy atom. The molecule has 0 heterocycles.